The smallest absolute Gasteiger partial charge is 0.116 e. The fourth-order valence-electron chi connectivity index (χ4n) is 4.88. The van der Waals surface area contributed by atoms with E-state index in [9.17, 15) is 10.2 Å². The van der Waals surface area contributed by atoms with Crippen molar-refractivity contribution in [3.8, 4) is 33.8 Å². The largest absolute Gasteiger partial charge is 0.508 e. The summed E-state index contributed by atoms with van der Waals surface area (Å²) in [4.78, 5) is 0. The third-order valence-electron chi connectivity index (χ3n) is 6.60. The van der Waals surface area contributed by atoms with E-state index in [0.717, 1.165) is 38.9 Å². The van der Waals surface area contributed by atoms with Gasteiger partial charge in [-0.2, -0.15) is 0 Å². The zero-order chi connectivity index (χ0) is 23.5. The van der Waals surface area contributed by atoms with Crippen LogP contribution in [0.3, 0.4) is 0 Å². The summed E-state index contributed by atoms with van der Waals surface area (Å²) in [5, 5.41) is 20.9. The third-order valence-corrected chi connectivity index (χ3v) is 6.60. The van der Waals surface area contributed by atoms with E-state index in [1.165, 1.54) is 0 Å². The number of phenols is 2. The SMILES string of the molecule is CC(c1ccccc1)(c1ccc(O)cc1-c1ccccc1)c1ccc(O)cc1-c1ccccc1. The molecule has 0 aliphatic heterocycles. The Morgan fingerprint density at radius 3 is 1.26 bits per heavy atom. The Morgan fingerprint density at radius 2 is 0.853 bits per heavy atom. The highest BCUT2D eigenvalue weighted by Crippen LogP contribution is 2.47. The summed E-state index contributed by atoms with van der Waals surface area (Å²) in [7, 11) is 0. The summed E-state index contributed by atoms with van der Waals surface area (Å²) >= 11 is 0. The van der Waals surface area contributed by atoms with Gasteiger partial charge in [-0.05, 0) is 70.1 Å². The van der Waals surface area contributed by atoms with Crippen LogP contribution in [0.4, 0.5) is 0 Å². The zero-order valence-corrected chi connectivity index (χ0v) is 19.0. The van der Waals surface area contributed by atoms with E-state index < -0.39 is 5.41 Å². The summed E-state index contributed by atoms with van der Waals surface area (Å²) in [5.41, 5.74) is 6.72. The van der Waals surface area contributed by atoms with Crippen molar-refractivity contribution in [1.82, 2.24) is 0 Å². The minimum Gasteiger partial charge on any atom is -0.508 e. The monoisotopic (exact) mass is 442 g/mol. The molecule has 2 nitrogen and oxygen atoms in total. The molecule has 5 rings (SSSR count). The number of hydrogen-bond donors (Lipinski definition) is 2. The molecule has 166 valence electrons. The van der Waals surface area contributed by atoms with Crippen molar-refractivity contribution < 1.29 is 10.2 Å². The Hall–Kier alpha value is -4.30. The molecule has 5 aromatic rings. The first-order valence-electron chi connectivity index (χ1n) is 11.4. The van der Waals surface area contributed by atoms with Crippen molar-refractivity contribution >= 4 is 0 Å². The quantitative estimate of drug-likeness (QED) is 0.273. The van der Waals surface area contributed by atoms with Crippen LogP contribution < -0.4 is 0 Å². The van der Waals surface area contributed by atoms with Crippen LogP contribution in [0.15, 0.2) is 127 Å². The molecule has 5 aromatic carbocycles. The highest BCUT2D eigenvalue weighted by Gasteiger charge is 2.35. The molecular weight excluding hydrogens is 416 g/mol. The van der Waals surface area contributed by atoms with Gasteiger partial charge < -0.3 is 10.2 Å². The van der Waals surface area contributed by atoms with Crippen LogP contribution in [0.2, 0.25) is 0 Å². The lowest BCUT2D eigenvalue weighted by Gasteiger charge is -2.35. The summed E-state index contributed by atoms with van der Waals surface area (Å²) < 4.78 is 0. The van der Waals surface area contributed by atoms with Crippen molar-refractivity contribution in [3.63, 3.8) is 0 Å². The van der Waals surface area contributed by atoms with Gasteiger partial charge in [-0.1, -0.05) is 103 Å². The predicted molar refractivity (Wildman–Crippen MR) is 139 cm³/mol. The van der Waals surface area contributed by atoms with Crippen LogP contribution in [-0.2, 0) is 5.41 Å². The molecule has 2 N–H and O–H groups in total. The Labute approximate surface area is 200 Å². The molecule has 0 unspecified atom stereocenters. The average molecular weight is 443 g/mol. The maximum absolute atomic E-state index is 10.4. The molecule has 0 amide bonds. The predicted octanol–water partition coefficient (Wildman–Crippen LogP) is 7.79. The second-order valence-electron chi connectivity index (χ2n) is 8.68. The summed E-state index contributed by atoms with van der Waals surface area (Å²) in [5.74, 6) is 0.457. The molecule has 0 aromatic heterocycles. The number of hydrogen-bond acceptors (Lipinski definition) is 2. The molecule has 0 radical (unpaired) electrons. The summed E-state index contributed by atoms with van der Waals surface area (Å²) in [6.45, 7) is 2.22. The highest BCUT2D eigenvalue weighted by atomic mass is 16.3. The molecule has 0 atom stereocenters. The first-order valence-corrected chi connectivity index (χ1v) is 11.4. The minimum absolute atomic E-state index is 0.229. The van der Waals surface area contributed by atoms with Gasteiger partial charge in [0.25, 0.3) is 0 Å². The van der Waals surface area contributed by atoms with E-state index in [2.05, 4.69) is 55.5 Å². The molecule has 34 heavy (non-hydrogen) atoms. The van der Waals surface area contributed by atoms with Gasteiger partial charge in [-0.15, -0.1) is 0 Å². The lowest BCUT2D eigenvalue weighted by Crippen LogP contribution is -2.27. The van der Waals surface area contributed by atoms with Crippen LogP contribution in [-0.4, -0.2) is 10.2 Å². The molecule has 0 aliphatic carbocycles. The Morgan fingerprint density at radius 1 is 0.471 bits per heavy atom. The second-order valence-corrected chi connectivity index (χ2v) is 8.68. The molecular formula is C32H26O2. The number of phenolic OH excluding ortho intramolecular Hbond substituents is 2. The highest BCUT2D eigenvalue weighted by molar-refractivity contribution is 5.78. The number of rotatable bonds is 5. The standard InChI is InChI=1S/C32H26O2/c1-32(25-15-9-4-10-16-25,30-19-17-26(33)21-28(30)23-11-5-2-6-12-23)31-20-18-27(34)22-29(31)24-13-7-3-8-14-24/h2-22,33-34H,1H3. The minimum atomic E-state index is -0.570. The van der Waals surface area contributed by atoms with Crippen molar-refractivity contribution in [3.05, 3.63) is 144 Å². The van der Waals surface area contributed by atoms with Gasteiger partial charge in [0.1, 0.15) is 11.5 Å². The molecule has 0 saturated carbocycles. The maximum Gasteiger partial charge on any atom is 0.116 e. The molecule has 0 bridgehead atoms. The Kier molecular flexibility index (Phi) is 5.65. The van der Waals surface area contributed by atoms with Crippen molar-refractivity contribution in [1.29, 1.82) is 0 Å². The first-order chi connectivity index (χ1) is 16.6. The molecule has 0 fully saturated rings. The van der Waals surface area contributed by atoms with Crippen LogP contribution in [0.1, 0.15) is 23.6 Å². The third kappa shape index (κ3) is 3.84. The van der Waals surface area contributed by atoms with Gasteiger partial charge >= 0.3 is 0 Å². The van der Waals surface area contributed by atoms with Crippen LogP contribution in [0, 0.1) is 0 Å². The van der Waals surface area contributed by atoms with Crippen molar-refractivity contribution in [2.24, 2.45) is 0 Å². The summed E-state index contributed by atoms with van der Waals surface area (Å²) in [6, 6.07) is 42.0. The van der Waals surface area contributed by atoms with Gasteiger partial charge in [-0.3, -0.25) is 0 Å². The number of benzene rings is 5. The van der Waals surface area contributed by atoms with Gasteiger partial charge in [-0.25, -0.2) is 0 Å². The van der Waals surface area contributed by atoms with Crippen molar-refractivity contribution in [2.75, 3.05) is 0 Å². The fraction of sp³-hybridized carbons (Fsp3) is 0.0625. The van der Waals surface area contributed by atoms with Gasteiger partial charge in [0, 0.05) is 5.41 Å². The summed E-state index contributed by atoms with van der Waals surface area (Å²) in [6.07, 6.45) is 0. The van der Waals surface area contributed by atoms with Crippen LogP contribution in [0.5, 0.6) is 11.5 Å². The van der Waals surface area contributed by atoms with E-state index in [1.807, 2.05) is 66.7 Å². The van der Waals surface area contributed by atoms with E-state index in [1.54, 1.807) is 12.1 Å². The Balaban J connectivity index is 1.87. The molecule has 0 heterocycles. The second kappa shape index (κ2) is 8.92. The number of aromatic hydroxyl groups is 2. The van der Waals surface area contributed by atoms with Crippen LogP contribution >= 0.6 is 0 Å². The normalized spacial score (nSPS) is 11.3. The average Bonchev–Trinajstić information content (AvgIpc) is 2.89. The topological polar surface area (TPSA) is 40.5 Å². The van der Waals surface area contributed by atoms with E-state index in [0.29, 0.717) is 0 Å². The van der Waals surface area contributed by atoms with Gasteiger partial charge in [0.05, 0.1) is 0 Å². The maximum atomic E-state index is 10.4. The van der Waals surface area contributed by atoms with Crippen molar-refractivity contribution in [2.45, 2.75) is 12.3 Å². The lowest BCUT2D eigenvalue weighted by molar-refractivity contribution is 0.475. The van der Waals surface area contributed by atoms with Gasteiger partial charge in [0.15, 0.2) is 0 Å². The zero-order valence-electron chi connectivity index (χ0n) is 19.0. The molecule has 0 spiro atoms. The van der Waals surface area contributed by atoms with E-state index in [4.69, 9.17) is 0 Å². The molecule has 2 heteroatoms. The molecule has 0 aliphatic rings. The first kappa shape index (κ1) is 21.5. The molecule has 0 saturated heterocycles. The van der Waals surface area contributed by atoms with E-state index >= 15 is 0 Å². The fourth-order valence-corrected chi connectivity index (χ4v) is 4.88. The lowest BCUT2D eigenvalue weighted by atomic mass is 9.67. The Bertz CT molecular complexity index is 1320. The van der Waals surface area contributed by atoms with Gasteiger partial charge in [0.2, 0.25) is 0 Å². The van der Waals surface area contributed by atoms with E-state index in [-0.39, 0.29) is 11.5 Å². The van der Waals surface area contributed by atoms with Crippen LogP contribution in [0.25, 0.3) is 22.3 Å².